The molecule has 0 aromatic carbocycles. The van der Waals surface area contributed by atoms with E-state index in [1.54, 1.807) is 13.3 Å². The minimum absolute atomic E-state index is 0.00693. The predicted molar refractivity (Wildman–Crippen MR) is 100 cm³/mol. The van der Waals surface area contributed by atoms with Gasteiger partial charge in [-0.2, -0.15) is 4.98 Å². The summed E-state index contributed by atoms with van der Waals surface area (Å²) in [4.78, 5) is 12.6. The van der Waals surface area contributed by atoms with Crippen LogP contribution in [0.3, 0.4) is 0 Å². The molecule has 0 saturated carbocycles. The first-order valence-corrected chi connectivity index (χ1v) is 8.61. The molecule has 0 spiro atoms. The quantitative estimate of drug-likeness (QED) is 0.623. The number of pyridine rings is 1. The summed E-state index contributed by atoms with van der Waals surface area (Å²) in [7, 11) is 1.64. The highest BCUT2D eigenvalue weighted by molar-refractivity contribution is 5.52. The molecule has 2 heterocycles. The Balaban J connectivity index is 2.19. The molecule has 0 aliphatic carbocycles. The largest absolute Gasteiger partial charge is 0.496 e. The number of methoxy groups -OCH3 is 1. The van der Waals surface area contributed by atoms with Crippen LogP contribution >= 0.6 is 0 Å². The van der Waals surface area contributed by atoms with E-state index in [4.69, 9.17) is 15.2 Å². The Morgan fingerprint density at radius 2 is 2.04 bits per heavy atom. The summed E-state index contributed by atoms with van der Waals surface area (Å²) in [6.45, 7) is 6.17. The van der Waals surface area contributed by atoms with Crippen molar-refractivity contribution >= 4 is 11.8 Å². The third kappa shape index (κ3) is 4.72. The number of nitrogens with one attached hydrogen (secondary N) is 1. The summed E-state index contributed by atoms with van der Waals surface area (Å²) in [6, 6.07) is -0.129. The molecule has 0 unspecified atom stereocenters. The van der Waals surface area contributed by atoms with Crippen molar-refractivity contribution in [2.45, 2.75) is 46.3 Å². The van der Waals surface area contributed by atoms with Crippen LogP contribution in [0.15, 0.2) is 12.4 Å². The second-order valence-corrected chi connectivity index (χ2v) is 6.09. The maximum absolute atomic E-state index is 9.50. The fourth-order valence-corrected chi connectivity index (χ4v) is 2.71. The molecule has 26 heavy (non-hydrogen) atoms. The number of aryl methyl sites for hydroxylation is 1. The third-order valence-corrected chi connectivity index (χ3v) is 4.09. The molecule has 8 heteroatoms. The van der Waals surface area contributed by atoms with Crippen molar-refractivity contribution < 1.29 is 14.6 Å². The lowest BCUT2D eigenvalue weighted by molar-refractivity contribution is 0.266. The molecule has 0 radical (unpaired) electrons. The Labute approximate surface area is 153 Å². The molecule has 2 aromatic heterocycles. The van der Waals surface area contributed by atoms with Crippen LogP contribution in [0.25, 0.3) is 0 Å². The number of hydrogen-bond donors (Lipinski definition) is 3. The van der Waals surface area contributed by atoms with E-state index in [2.05, 4.69) is 27.2 Å². The van der Waals surface area contributed by atoms with Gasteiger partial charge in [-0.3, -0.25) is 4.98 Å². The van der Waals surface area contributed by atoms with Crippen molar-refractivity contribution in [1.82, 2.24) is 15.0 Å². The normalized spacial score (nSPS) is 11.9. The fraction of sp³-hybridized carbons (Fsp3) is 0.500. The standard InChI is InChI=1S/C18H27N5O3/c1-5-6-13(9-24)22-17-15(8-21-18(19)23-17)26-10-14-12(3)16(25-4)11(2)7-20-14/h7-8,13,24H,5-6,9-10H2,1-4H3,(H3,19,21,22,23)/t13-/m0/s1. The molecule has 2 rings (SSSR count). The number of aromatic nitrogens is 3. The van der Waals surface area contributed by atoms with Gasteiger partial charge < -0.3 is 25.6 Å². The van der Waals surface area contributed by atoms with Gasteiger partial charge >= 0.3 is 0 Å². The Bertz CT molecular complexity index is 739. The molecular weight excluding hydrogens is 334 g/mol. The topological polar surface area (TPSA) is 115 Å². The molecule has 142 valence electrons. The maximum atomic E-state index is 9.50. The maximum Gasteiger partial charge on any atom is 0.222 e. The Hall–Kier alpha value is -2.61. The Morgan fingerprint density at radius 3 is 2.69 bits per heavy atom. The molecule has 0 saturated heterocycles. The number of rotatable bonds is 9. The highest BCUT2D eigenvalue weighted by atomic mass is 16.5. The highest BCUT2D eigenvalue weighted by Crippen LogP contribution is 2.27. The summed E-state index contributed by atoms with van der Waals surface area (Å²) < 4.78 is 11.3. The Kier molecular flexibility index (Phi) is 6.97. The predicted octanol–water partition coefficient (Wildman–Crippen LogP) is 2.23. The van der Waals surface area contributed by atoms with E-state index in [0.29, 0.717) is 11.6 Å². The second-order valence-electron chi connectivity index (χ2n) is 6.09. The van der Waals surface area contributed by atoms with Gasteiger partial charge in [0.05, 0.1) is 31.6 Å². The van der Waals surface area contributed by atoms with Crippen molar-refractivity contribution in [3.8, 4) is 11.5 Å². The number of aliphatic hydroxyl groups is 1. The summed E-state index contributed by atoms with van der Waals surface area (Å²) in [5, 5.41) is 12.7. The van der Waals surface area contributed by atoms with Crippen molar-refractivity contribution in [2.24, 2.45) is 0 Å². The number of nitrogens with two attached hydrogens (primary N) is 1. The van der Waals surface area contributed by atoms with E-state index in [0.717, 1.165) is 35.4 Å². The van der Waals surface area contributed by atoms with Crippen LogP contribution < -0.4 is 20.5 Å². The van der Waals surface area contributed by atoms with Crippen LogP contribution in [0.1, 0.15) is 36.6 Å². The molecule has 4 N–H and O–H groups in total. The zero-order chi connectivity index (χ0) is 19.1. The molecule has 0 bridgehead atoms. The first kappa shape index (κ1) is 19.7. The van der Waals surface area contributed by atoms with Crippen LogP contribution in [-0.4, -0.2) is 39.8 Å². The number of nitrogens with zero attached hydrogens (tertiary/aromatic N) is 3. The third-order valence-electron chi connectivity index (χ3n) is 4.09. The summed E-state index contributed by atoms with van der Waals surface area (Å²) in [5.41, 5.74) is 8.36. The number of aliphatic hydroxyl groups excluding tert-OH is 1. The zero-order valence-electron chi connectivity index (χ0n) is 15.7. The molecule has 0 amide bonds. The Morgan fingerprint density at radius 1 is 1.27 bits per heavy atom. The van der Waals surface area contributed by atoms with Gasteiger partial charge in [-0.15, -0.1) is 0 Å². The van der Waals surface area contributed by atoms with Crippen LogP contribution in [-0.2, 0) is 6.61 Å². The van der Waals surface area contributed by atoms with Gasteiger partial charge in [0, 0.05) is 17.3 Å². The average Bonchev–Trinajstić information content (AvgIpc) is 2.62. The van der Waals surface area contributed by atoms with Gasteiger partial charge in [0.1, 0.15) is 12.4 Å². The van der Waals surface area contributed by atoms with Gasteiger partial charge in [0.25, 0.3) is 0 Å². The van der Waals surface area contributed by atoms with Crippen molar-refractivity contribution in [3.63, 3.8) is 0 Å². The van der Waals surface area contributed by atoms with Crippen LogP contribution in [0.5, 0.6) is 11.5 Å². The first-order valence-electron chi connectivity index (χ1n) is 8.61. The molecule has 1 atom stereocenters. The first-order chi connectivity index (χ1) is 12.5. The minimum Gasteiger partial charge on any atom is -0.496 e. The number of hydrogen-bond acceptors (Lipinski definition) is 8. The summed E-state index contributed by atoms with van der Waals surface area (Å²) >= 11 is 0. The molecule has 0 aliphatic heterocycles. The number of ether oxygens (including phenoxy) is 2. The summed E-state index contributed by atoms with van der Waals surface area (Å²) in [6.07, 6.45) is 5.01. The van der Waals surface area contributed by atoms with E-state index in [-0.39, 0.29) is 25.2 Å². The number of anilines is 2. The molecule has 0 aliphatic rings. The fourth-order valence-electron chi connectivity index (χ4n) is 2.71. The average molecular weight is 361 g/mol. The lowest BCUT2D eigenvalue weighted by Crippen LogP contribution is -2.24. The lowest BCUT2D eigenvalue weighted by atomic mass is 10.1. The van der Waals surface area contributed by atoms with E-state index >= 15 is 0 Å². The van der Waals surface area contributed by atoms with Gasteiger partial charge in [0.15, 0.2) is 11.6 Å². The van der Waals surface area contributed by atoms with Gasteiger partial charge in [-0.05, 0) is 20.3 Å². The van der Waals surface area contributed by atoms with Crippen molar-refractivity contribution in [1.29, 1.82) is 0 Å². The van der Waals surface area contributed by atoms with Gasteiger partial charge in [0.2, 0.25) is 5.95 Å². The minimum atomic E-state index is -0.129. The van der Waals surface area contributed by atoms with Crippen molar-refractivity contribution in [3.05, 3.63) is 29.2 Å². The molecule has 2 aromatic rings. The van der Waals surface area contributed by atoms with Crippen molar-refractivity contribution in [2.75, 3.05) is 24.8 Å². The zero-order valence-corrected chi connectivity index (χ0v) is 15.7. The van der Waals surface area contributed by atoms with E-state index in [1.807, 2.05) is 13.8 Å². The van der Waals surface area contributed by atoms with Gasteiger partial charge in [-0.25, -0.2) is 4.98 Å². The SMILES string of the molecule is CCC[C@@H](CO)Nc1nc(N)ncc1OCc1ncc(C)c(OC)c1C. The monoisotopic (exact) mass is 361 g/mol. The van der Waals surface area contributed by atoms with E-state index in [1.165, 1.54) is 6.20 Å². The van der Waals surface area contributed by atoms with Crippen LogP contribution in [0.2, 0.25) is 0 Å². The van der Waals surface area contributed by atoms with Crippen LogP contribution in [0, 0.1) is 13.8 Å². The molecule has 8 nitrogen and oxygen atoms in total. The van der Waals surface area contributed by atoms with E-state index < -0.39 is 0 Å². The highest BCUT2D eigenvalue weighted by Gasteiger charge is 2.15. The summed E-state index contributed by atoms with van der Waals surface area (Å²) in [5.74, 6) is 1.85. The van der Waals surface area contributed by atoms with E-state index in [9.17, 15) is 5.11 Å². The smallest absolute Gasteiger partial charge is 0.222 e. The molecule has 0 fully saturated rings. The van der Waals surface area contributed by atoms with Crippen LogP contribution in [0.4, 0.5) is 11.8 Å². The number of nitrogen functional groups attached to an aromatic ring is 1. The molecular formula is C18H27N5O3. The second kappa shape index (κ2) is 9.19. The van der Waals surface area contributed by atoms with Gasteiger partial charge in [-0.1, -0.05) is 13.3 Å². The lowest BCUT2D eigenvalue weighted by Gasteiger charge is -2.19.